The number of hydrogen-bond donors (Lipinski definition) is 0. The molecule has 0 spiro atoms. The van der Waals surface area contributed by atoms with Crippen molar-refractivity contribution in [1.29, 1.82) is 0 Å². The standard InChI is InChI=1S/C24H19N4.ClHO4/c1-28-23(19-8-4-2-5-9-19)16-21(17-24(28)20-10-6-3-7-11-20)18-12-14-22(15-13-18)26-27-25;2-1(3,4)5/h2-17H,1H3;(H,2,3,4,5)/q+1;/p-1. The van der Waals surface area contributed by atoms with Crippen LogP contribution in [0.3, 0.4) is 0 Å². The Hall–Kier alpha value is -3.75. The molecule has 8 nitrogen and oxygen atoms in total. The van der Waals surface area contributed by atoms with Gasteiger partial charge in [-0.15, -0.1) is 10.2 Å². The third-order valence-electron chi connectivity index (χ3n) is 4.81. The van der Waals surface area contributed by atoms with Crippen LogP contribution in [0.4, 0.5) is 5.69 Å². The van der Waals surface area contributed by atoms with Gasteiger partial charge < -0.3 is 0 Å². The summed E-state index contributed by atoms with van der Waals surface area (Å²) in [5.41, 5.74) is 16.0. The summed E-state index contributed by atoms with van der Waals surface area (Å²) in [7, 11) is -2.85. The lowest BCUT2D eigenvalue weighted by Gasteiger charge is -2.17. The third kappa shape index (κ3) is 6.86. The third-order valence-corrected chi connectivity index (χ3v) is 4.81. The number of benzene rings is 3. The largest absolute Gasteiger partial charge is 0.222 e. The Morgan fingerprint density at radius 2 is 1.09 bits per heavy atom. The van der Waals surface area contributed by atoms with Gasteiger partial charge in [-0.05, 0) is 40.9 Å². The predicted octanol–water partition coefficient (Wildman–Crippen LogP) is 1.70. The van der Waals surface area contributed by atoms with E-state index in [-0.39, 0.29) is 0 Å². The molecule has 0 saturated heterocycles. The minimum atomic E-state index is -4.94. The molecule has 0 atom stereocenters. The van der Waals surface area contributed by atoms with Crippen molar-refractivity contribution in [2.45, 2.75) is 0 Å². The molecule has 0 bridgehead atoms. The van der Waals surface area contributed by atoms with Crippen LogP contribution in [0.25, 0.3) is 44.1 Å². The average molecular weight is 463 g/mol. The van der Waals surface area contributed by atoms with E-state index in [0.717, 1.165) is 33.6 Å². The monoisotopic (exact) mass is 462 g/mol. The summed E-state index contributed by atoms with van der Waals surface area (Å²) in [6, 6.07) is 32.8. The van der Waals surface area contributed by atoms with Crippen LogP contribution in [0, 0.1) is 10.2 Å². The lowest BCUT2D eigenvalue weighted by atomic mass is 9.99. The van der Waals surface area contributed by atoms with Crippen LogP contribution in [0.2, 0.25) is 0 Å². The molecule has 0 unspecified atom stereocenters. The summed E-state index contributed by atoms with van der Waals surface area (Å²) in [6.45, 7) is 0. The van der Waals surface area contributed by atoms with Crippen molar-refractivity contribution >= 4 is 5.69 Å². The van der Waals surface area contributed by atoms with Gasteiger partial charge >= 0.3 is 0 Å². The fraction of sp³-hybridized carbons (Fsp3) is 0.0417. The first kappa shape index (κ1) is 23.9. The second-order valence-corrected chi connectivity index (χ2v) is 7.68. The Balaban J connectivity index is 0.000000555. The Bertz CT molecular complexity index is 1190. The van der Waals surface area contributed by atoms with Gasteiger partial charge in [-0.1, -0.05) is 65.8 Å². The first-order chi connectivity index (χ1) is 15.8. The average Bonchev–Trinajstić information content (AvgIpc) is 2.80. The summed E-state index contributed by atoms with van der Waals surface area (Å²) in [6.07, 6.45) is 0. The molecule has 0 aliphatic carbocycles. The first-order valence-corrected chi connectivity index (χ1v) is 10.9. The van der Waals surface area contributed by atoms with E-state index in [1.165, 1.54) is 0 Å². The fourth-order valence-corrected chi connectivity index (χ4v) is 3.37. The predicted molar refractivity (Wildman–Crippen MR) is 113 cm³/mol. The van der Waals surface area contributed by atoms with Crippen LogP contribution in [-0.4, -0.2) is 0 Å². The molecule has 33 heavy (non-hydrogen) atoms. The minimum absolute atomic E-state index is 0.610. The van der Waals surface area contributed by atoms with Crippen molar-refractivity contribution < 1.29 is 33.4 Å². The first-order valence-electron chi connectivity index (χ1n) is 9.68. The zero-order valence-corrected chi connectivity index (χ0v) is 18.3. The molecule has 0 N–H and O–H groups in total. The highest BCUT2D eigenvalue weighted by Gasteiger charge is 2.19. The van der Waals surface area contributed by atoms with Gasteiger partial charge in [-0.2, -0.15) is 4.57 Å². The van der Waals surface area contributed by atoms with E-state index in [9.17, 15) is 0 Å². The minimum Gasteiger partial charge on any atom is -0.222 e. The van der Waals surface area contributed by atoms with E-state index in [0.29, 0.717) is 5.69 Å². The van der Waals surface area contributed by atoms with E-state index in [2.05, 4.69) is 82.3 Å². The molecule has 0 aliphatic rings. The Morgan fingerprint density at radius 3 is 1.48 bits per heavy atom. The number of rotatable bonds is 4. The highest BCUT2D eigenvalue weighted by atomic mass is 35.7. The molecule has 4 aromatic rings. The van der Waals surface area contributed by atoms with Crippen LogP contribution in [0.5, 0.6) is 0 Å². The van der Waals surface area contributed by atoms with E-state index in [1.807, 2.05) is 36.4 Å². The maximum atomic E-state index is 8.62. The topological polar surface area (TPSA) is 145 Å². The summed E-state index contributed by atoms with van der Waals surface area (Å²) >= 11 is 0. The molecule has 9 heteroatoms. The zero-order chi connectivity index (χ0) is 23.8. The van der Waals surface area contributed by atoms with E-state index >= 15 is 0 Å². The molecular formula is C24H19ClN4O4. The fourth-order valence-electron chi connectivity index (χ4n) is 3.37. The molecule has 166 valence electrons. The van der Waals surface area contributed by atoms with Gasteiger partial charge in [0.1, 0.15) is 7.05 Å². The van der Waals surface area contributed by atoms with Crippen LogP contribution >= 0.6 is 0 Å². The normalized spacial score (nSPS) is 10.6. The van der Waals surface area contributed by atoms with Crippen LogP contribution in [-0.2, 0) is 7.05 Å². The van der Waals surface area contributed by atoms with Crippen LogP contribution in [0.1, 0.15) is 0 Å². The summed E-state index contributed by atoms with van der Waals surface area (Å²) in [4.78, 5) is 2.85. The van der Waals surface area contributed by atoms with Gasteiger partial charge in [0.05, 0.1) is 0 Å². The van der Waals surface area contributed by atoms with Crippen molar-refractivity contribution in [1.82, 2.24) is 0 Å². The van der Waals surface area contributed by atoms with Crippen LogP contribution in [0.15, 0.2) is 102 Å². The van der Waals surface area contributed by atoms with Crippen molar-refractivity contribution in [3.63, 3.8) is 0 Å². The second-order valence-electron chi connectivity index (χ2n) is 6.92. The highest BCUT2D eigenvalue weighted by molar-refractivity contribution is 5.74. The molecule has 4 rings (SSSR count). The van der Waals surface area contributed by atoms with Gasteiger partial charge in [0.25, 0.3) is 0 Å². The maximum Gasteiger partial charge on any atom is 0.213 e. The molecule has 0 saturated carbocycles. The maximum absolute atomic E-state index is 8.62. The van der Waals surface area contributed by atoms with Gasteiger partial charge in [-0.25, -0.2) is 18.6 Å². The van der Waals surface area contributed by atoms with Crippen molar-refractivity contribution in [2.75, 3.05) is 0 Å². The lowest BCUT2D eigenvalue weighted by molar-refractivity contribution is -2.00. The highest BCUT2D eigenvalue weighted by Crippen LogP contribution is 2.29. The van der Waals surface area contributed by atoms with Crippen LogP contribution < -0.4 is 23.2 Å². The molecule has 1 aromatic heterocycles. The Kier molecular flexibility index (Phi) is 7.76. The van der Waals surface area contributed by atoms with Crippen molar-refractivity contribution in [2.24, 2.45) is 12.2 Å². The summed E-state index contributed by atoms with van der Waals surface area (Å²) in [5.74, 6) is 0. The van der Waals surface area contributed by atoms with Gasteiger partial charge in [-0.3, -0.25) is 0 Å². The molecular weight excluding hydrogens is 444 g/mol. The molecule has 0 radical (unpaired) electrons. The van der Waals surface area contributed by atoms with Crippen molar-refractivity contribution in [3.8, 4) is 33.6 Å². The number of aromatic nitrogens is 1. The number of azide groups is 1. The number of nitrogens with zero attached hydrogens (tertiary/aromatic N) is 4. The SMILES string of the molecule is C[n+]1c(-c2ccccc2)cc(-c2ccc(N=[N+]=[N-])cc2)cc1-c1ccccc1.[O-][Cl+3]([O-])([O-])[O-]. The number of pyridine rings is 1. The van der Waals surface area contributed by atoms with Gasteiger partial charge in [0.15, 0.2) is 0 Å². The molecule has 1 heterocycles. The lowest BCUT2D eigenvalue weighted by Crippen LogP contribution is -2.68. The summed E-state index contributed by atoms with van der Waals surface area (Å²) < 4.78 is 36.2. The molecule has 0 fully saturated rings. The molecule has 0 amide bonds. The second kappa shape index (κ2) is 10.7. The quantitative estimate of drug-likeness (QED) is 0.196. The van der Waals surface area contributed by atoms with E-state index < -0.39 is 10.2 Å². The molecule has 0 aliphatic heterocycles. The van der Waals surface area contributed by atoms with E-state index in [1.54, 1.807) is 0 Å². The molecule has 3 aromatic carbocycles. The van der Waals surface area contributed by atoms with Gasteiger partial charge in [0.2, 0.25) is 11.4 Å². The summed E-state index contributed by atoms with van der Waals surface area (Å²) in [5, 5.41) is 3.66. The Morgan fingerprint density at radius 1 is 0.667 bits per heavy atom. The van der Waals surface area contributed by atoms with E-state index in [4.69, 9.17) is 24.2 Å². The zero-order valence-electron chi connectivity index (χ0n) is 17.5. The smallest absolute Gasteiger partial charge is 0.213 e. The van der Waals surface area contributed by atoms with Gasteiger partial charge in [0, 0.05) is 33.9 Å². The van der Waals surface area contributed by atoms with Crippen molar-refractivity contribution in [3.05, 3.63) is 108 Å². The Labute approximate surface area is 192 Å². The number of hydrogen-bond acceptors (Lipinski definition) is 5. The number of halogens is 1.